The van der Waals surface area contributed by atoms with E-state index in [2.05, 4.69) is 10.6 Å². The molecule has 5 rings (SSSR count). The van der Waals surface area contributed by atoms with Crippen LogP contribution >= 0.6 is 11.6 Å². The number of nitrogens with zero attached hydrogens (tertiary/aromatic N) is 1. The van der Waals surface area contributed by atoms with Gasteiger partial charge in [0.05, 0.1) is 22.5 Å². The summed E-state index contributed by atoms with van der Waals surface area (Å²) in [5.41, 5.74) is 0.444. The van der Waals surface area contributed by atoms with Crippen LogP contribution in [0.5, 0.6) is 0 Å². The van der Waals surface area contributed by atoms with E-state index < -0.39 is 41.2 Å². The number of hydrogen-bond donors (Lipinski definition) is 3. The second-order valence-corrected chi connectivity index (χ2v) is 9.08. The summed E-state index contributed by atoms with van der Waals surface area (Å²) in [4.78, 5) is 52.9. The number of para-hydroxylation sites is 1. The molecule has 9 heteroatoms. The van der Waals surface area contributed by atoms with Crippen molar-refractivity contribution in [1.29, 1.82) is 0 Å². The van der Waals surface area contributed by atoms with Gasteiger partial charge >= 0.3 is 5.97 Å². The maximum Gasteiger partial charge on any atom is 0.303 e. The Kier molecular flexibility index (Phi) is 5.22. The van der Waals surface area contributed by atoms with Crippen molar-refractivity contribution in [3.8, 4) is 0 Å². The third-order valence-corrected chi connectivity index (χ3v) is 7.24. The van der Waals surface area contributed by atoms with Crippen molar-refractivity contribution >= 4 is 41.0 Å². The smallest absolute Gasteiger partial charge is 0.303 e. The first kappa shape index (κ1) is 21.6. The number of rotatable bonds is 6. The van der Waals surface area contributed by atoms with Gasteiger partial charge in [-0.3, -0.25) is 29.4 Å². The van der Waals surface area contributed by atoms with Gasteiger partial charge in [-0.25, -0.2) is 0 Å². The van der Waals surface area contributed by atoms with Crippen molar-refractivity contribution in [1.82, 2.24) is 10.2 Å². The highest BCUT2D eigenvalue weighted by atomic mass is 35.5. The number of carboxylic acid groups (broad SMARTS) is 1. The second-order valence-electron chi connectivity index (χ2n) is 8.67. The molecule has 3 amide bonds. The van der Waals surface area contributed by atoms with Gasteiger partial charge in [-0.2, -0.15) is 0 Å². The lowest BCUT2D eigenvalue weighted by Gasteiger charge is -2.29. The molecule has 2 aromatic rings. The van der Waals surface area contributed by atoms with Crippen LogP contribution in [-0.2, 0) is 31.1 Å². The third-order valence-electron chi connectivity index (χ3n) is 6.93. The number of carboxylic acids is 1. The first-order valence-corrected chi connectivity index (χ1v) is 11.2. The van der Waals surface area contributed by atoms with E-state index in [9.17, 15) is 24.3 Å². The van der Waals surface area contributed by atoms with Crippen LogP contribution in [0, 0.1) is 11.8 Å². The molecule has 2 fully saturated rings. The fraction of sp³-hybridized carbons (Fsp3) is 0.333. The third kappa shape index (κ3) is 3.24. The number of aliphatic carboxylic acids is 1. The van der Waals surface area contributed by atoms with Crippen LogP contribution < -0.4 is 10.6 Å². The molecule has 1 spiro atoms. The number of likely N-dealkylation sites (tertiary alicyclic amines) is 1. The molecule has 8 nitrogen and oxygen atoms in total. The van der Waals surface area contributed by atoms with Crippen LogP contribution in [0.25, 0.3) is 0 Å². The summed E-state index contributed by atoms with van der Waals surface area (Å²) >= 11 is 6.31. The van der Waals surface area contributed by atoms with Crippen molar-refractivity contribution in [2.75, 3.05) is 11.9 Å². The van der Waals surface area contributed by atoms with Gasteiger partial charge in [0.15, 0.2) is 0 Å². The van der Waals surface area contributed by atoms with Gasteiger partial charge in [0, 0.05) is 24.6 Å². The largest absolute Gasteiger partial charge is 0.481 e. The first-order valence-electron chi connectivity index (χ1n) is 10.8. The molecule has 3 heterocycles. The normalized spacial score (nSPS) is 27.7. The maximum atomic E-state index is 13.6. The Balaban J connectivity index is 1.53. The van der Waals surface area contributed by atoms with E-state index >= 15 is 0 Å². The lowest BCUT2D eigenvalue weighted by Crippen LogP contribution is -2.53. The van der Waals surface area contributed by atoms with Gasteiger partial charge in [0.2, 0.25) is 17.7 Å². The van der Waals surface area contributed by atoms with E-state index in [0.717, 1.165) is 5.56 Å². The lowest BCUT2D eigenvalue weighted by atomic mass is 9.76. The van der Waals surface area contributed by atoms with E-state index in [-0.39, 0.29) is 25.3 Å². The van der Waals surface area contributed by atoms with Gasteiger partial charge in [0.1, 0.15) is 5.54 Å². The molecule has 2 saturated heterocycles. The number of halogens is 1. The summed E-state index contributed by atoms with van der Waals surface area (Å²) in [5.74, 6) is -4.06. The molecule has 0 saturated carbocycles. The summed E-state index contributed by atoms with van der Waals surface area (Å²) < 4.78 is 0. The Morgan fingerprint density at radius 2 is 1.82 bits per heavy atom. The van der Waals surface area contributed by atoms with Crippen molar-refractivity contribution in [2.45, 2.75) is 30.8 Å². The van der Waals surface area contributed by atoms with Gasteiger partial charge in [0.25, 0.3) is 0 Å². The van der Waals surface area contributed by atoms with Crippen LogP contribution in [0.2, 0.25) is 5.02 Å². The number of nitrogens with one attached hydrogen (secondary N) is 2. The quantitative estimate of drug-likeness (QED) is 0.561. The van der Waals surface area contributed by atoms with Crippen molar-refractivity contribution in [3.05, 3.63) is 64.7 Å². The van der Waals surface area contributed by atoms with Gasteiger partial charge in [-0.15, -0.1) is 0 Å². The summed E-state index contributed by atoms with van der Waals surface area (Å²) in [7, 11) is 0. The summed E-state index contributed by atoms with van der Waals surface area (Å²) in [6.07, 6.45) is 0.423. The van der Waals surface area contributed by atoms with Gasteiger partial charge in [-0.1, -0.05) is 54.1 Å². The number of carbonyl (C=O) groups excluding carboxylic acids is 3. The van der Waals surface area contributed by atoms with Crippen molar-refractivity contribution in [2.24, 2.45) is 11.8 Å². The van der Waals surface area contributed by atoms with E-state index in [1.807, 2.05) is 30.3 Å². The molecule has 3 N–H and O–H groups in total. The Labute approximate surface area is 194 Å². The van der Waals surface area contributed by atoms with Crippen LogP contribution in [0.4, 0.5) is 5.69 Å². The summed E-state index contributed by atoms with van der Waals surface area (Å²) in [5, 5.41) is 15.5. The van der Waals surface area contributed by atoms with E-state index in [4.69, 9.17) is 11.6 Å². The molecule has 2 unspecified atom stereocenters. The van der Waals surface area contributed by atoms with Crippen LogP contribution in [0.15, 0.2) is 48.5 Å². The number of anilines is 1. The van der Waals surface area contributed by atoms with Crippen molar-refractivity contribution < 1.29 is 24.3 Å². The molecular formula is C24H22ClN3O5. The number of hydrogen-bond acceptors (Lipinski definition) is 5. The molecule has 3 aliphatic rings. The summed E-state index contributed by atoms with van der Waals surface area (Å²) in [6, 6.07) is 13.9. The fourth-order valence-corrected chi connectivity index (χ4v) is 5.71. The zero-order chi connectivity index (χ0) is 23.3. The Morgan fingerprint density at radius 1 is 1.06 bits per heavy atom. The molecule has 2 aromatic carbocycles. The number of carbonyl (C=O) groups is 4. The minimum absolute atomic E-state index is 0.118. The van der Waals surface area contributed by atoms with E-state index in [1.165, 1.54) is 4.90 Å². The van der Waals surface area contributed by atoms with Crippen molar-refractivity contribution in [3.63, 3.8) is 0 Å². The molecular weight excluding hydrogens is 446 g/mol. The van der Waals surface area contributed by atoms with E-state index in [0.29, 0.717) is 22.7 Å². The molecule has 0 aromatic heterocycles. The Bertz CT molecular complexity index is 1170. The SMILES string of the molecule is O=C(O)CCC1NC2(C(=O)Nc3c(Cl)cccc32)[C@@H]2C(=O)N(CCc3ccccc3)C(=O)[C@H]12. The average molecular weight is 468 g/mol. The number of benzene rings is 2. The van der Waals surface area contributed by atoms with Crippen LogP contribution in [0.3, 0.4) is 0 Å². The molecule has 0 bridgehead atoms. The molecule has 0 radical (unpaired) electrons. The Hall–Kier alpha value is -3.23. The topological polar surface area (TPSA) is 116 Å². The molecule has 4 atom stereocenters. The summed E-state index contributed by atoms with van der Waals surface area (Å²) in [6.45, 7) is 0.195. The van der Waals surface area contributed by atoms with Crippen LogP contribution in [0.1, 0.15) is 24.0 Å². The molecule has 33 heavy (non-hydrogen) atoms. The lowest BCUT2D eigenvalue weighted by molar-refractivity contribution is -0.143. The van der Waals surface area contributed by atoms with Gasteiger partial charge < -0.3 is 10.4 Å². The zero-order valence-electron chi connectivity index (χ0n) is 17.6. The molecule has 3 aliphatic heterocycles. The highest BCUT2D eigenvalue weighted by molar-refractivity contribution is 6.35. The zero-order valence-corrected chi connectivity index (χ0v) is 18.3. The predicted octanol–water partition coefficient (Wildman–Crippen LogP) is 2.17. The molecule has 170 valence electrons. The minimum atomic E-state index is -1.47. The number of imide groups is 1. The number of amides is 3. The minimum Gasteiger partial charge on any atom is -0.481 e. The maximum absolute atomic E-state index is 13.6. The average Bonchev–Trinajstić information content (AvgIpc) is 3.38. The number of fused-ring (bicyclic) bond motifs is 4. The second kappa shape index (κ2) is 7.97. The standard InChI is InChI=1S/C24H22ClN3O5/c25-15-8-4-7-14-20(15)26-23(33)24(14)19-18(16(27-24)9-10-17(29)30)21(31)28(22(19)32)12-11-13-5-2-1-3-6-13/h1-8,16,18-19,27H,9-12H2,(H,26,33)(H,29,30)/t16?,18-,19+,24?/m1/s1. The fourth-order valence-electron chi connectivity index (χ4n) is 5.49. The highest BCUT2D eigenvalue weighted by Gasteiger charge is 2.70. The van der Waals surface area contributed by atoms with Crippen LogP contribution in [-0.4, -0.2) is 46.3 Å². The predicted molar refractivity (Wildman–Crippen MR) is 119 cm³/mol. The Morgan fingerprint density at radius 3 is 2.55 bits per heavy atom. The first-order chi connectivity index (χ1) is 15.8. The van der Waals surface area contributed by atoms with Gasteiger partial charge in [-0.05, 0) is 24.5 Å². The highest BCUT2D eigenvalue weighted by Crippen LogP contribution is 2.54. The van der Waals surface area contributed by atoms with E-state index in [1.54, 1.807) is 18.2 Å². The molecule has 0 aliphatic carbocycles. The monoisotopic (exact) mass is 467 g/mol.